The summed E-state index contributed by atoms with van der Waals surface area (Å²) in [6, 6.07) is 0.821. The predicted molar refractivity (Wildman–Crippen MR) is 127 cm³/mol. The van der Waals surface area contributed by atoms with E-state index in [9.17, 15) is 9.59 Å². The van der Waals surface area contributed by atoms with Crippen LogP contribution in [0.5, 0.6) is 0 Å². The normalized spacial score (nSPS) is 21.3. The third kappa shape index (κ3) is 6.17. The third-order valence-corrected chi connectivity index (χ3v) is 7.95. The predicted octanol–water partition coefficient (Wildman–Crippen LogP) is 1.56. The van der Waals surface area contributed by atoms with Gasteiger partial charge in [-0.05, 0) is 32.2 Å². The minimum Gasteiger partial charge on any atom is -0.355 e. The van der Waals surface area contributed by atoms with Crippen molar-refractivity contribution in [2.24, 2.45) is 0 Å². The molecule has 1 saturated carbocycles. The van der Waals surface area contributed by atoms with Gasteiger partial charge in [0, 0.05) is 58.8 Å². The van der Waals surface area contributed by atoms with Crippen LogP contribution in [0, 0.1) is 0 Å². The number of nitrogens with one attached hydrogen (secondary N) is 1. The van der Waals surface area contributed by atoms with Crippen LogP contribution < -0.4 is 15.1 Å². The number of likely N-dealkylation sites (N-methyl/N-ethyl adjacent to an activating group) is 1. The van der Waals surface area contributed by atoms with Crippen molar-refractivity contribution in [1.82, 2.24) is 25.3 Å². The molecule has 0 unspecified atom stereocenters. The van der Waals surface area contributed by atoms with E-state index in [0.29, 0.717) is 29.8 Å². The van der Waals surface area contributed by atoms with Gasteiger partial charge in [0.1, 0.15) is 0 Å². The van der Waals surface area contributed by atoms with Crippen LogP contribution in [0.2, 0.25) is 0 Å². The minimum absolute atomic E-state index is 0.0105. The first-order valence-corrected chi connectivity index (χ1v) is 13.0. The lowest BCUT2D eigenvalue weighted by Crippen LogP contribution is -2.51. The minimum atomic E-state index is -0.0105. The van der Waals surface area contributed by atoms with Gasteiger partial charge in [0.15, 0.2) is 0 Å². The molecule has 3 heterocycles. The molecule has 9 nitrogen and oxygen atoms in total. The van der Waals surface area contributed by atoms with Crippen molar-refractivity contribution in [3.63, 3.8) is 0 Å². The number of piperazine rings is 1. The second-order valence-electron chi connectivity index (χ2n) is 9.25. The summed E-state index contributed by atoms with van der Waals surface area (Å²) in [5.41, 5.74) is 0. The van der Waals surface area contributed by atoms with Crippen molar-refractivity contribution in [2.75, 3.05) is 69.2 Å². The van der Waals surface area contributed by atoms with E-state index in [1.807, 2.05) is 7.05 Å². The third-order valence-electron chi connectivity index (χ3n) is 6.89. The van der Waals surface area contributed by atoms with Crippen LogP contribution in [-0.2, 0) is 9.59 Å². The zero-order chi connectivity index (χ0) is 22.3. The second-order valence-corrected chi connectivity index (χ2v) is 10.2. The van der Waals surface area contributed by atoms with Crippen LogP contribution in [0.25, 0.3) is 0 Å². The maximum atomic E-state index is 12.3. The first kappa shape index (κ1) is 23.4. The smallest absolute Gasteiger partial charge is 0.239 e. The molecule has 0 atom stereocenters. The number of carbonyl (C=O) groups is 2. The molecule has 3 aliphatic rings. The number of anilines is 2. The number of rotatable bonds is 9. The van der Waals surface area contributed by atoms with Gasteiger partial charge in [0.2, 0.25) is 22.1 Å². The van der Waals surface area contributed by atoms with E-state index in [-0.39, 0.29) is 18.4 Å². The quantitative estimate of drug-likeness (QED) is 0.556. The molecule has 4 rings (SSSR count). The summed E-state index contributed by atoms with van der Waals surface area (Å²) in [4.78, 5) is 32.9. The maximum absolute atomic E-state index is 12.3. The molecule has 0 aromatic carbocycles. The average molecular weight is 464 g/mol. The van der Waals surface area contributed by atoms with Gasteiger partial charge in [-0.15, -0.1) is 10.2 Å². The van der Waals surface area contributed by atoms with E-state index < -0.39 is 0 Å². The Morgan fingerprint density at radius 2 is 1.88 bits per heavy atom. The summed E-state index contributed by atoms with van der Waals surface area (Å²) in [5.74, 6) is 0.0899. The van der Waals surface area contributed by atoms with Crippen molar-refractivity contribution in [1.29, 1.82) is 0 Å². The van der Waals surface area contributed by atoms with Gasteiger partial charge in [-0.3, -0.25) is 19.4 Å². The Hall–Kier alpha value is -1.78. The van der Waals surface area contributed by atoms with Gasteiger partial charge in [-0.2, -0.15) is 0 Å². The molecule has 0 spiro atoms. The Morgan fingerprint density at radius 1 is 1.09 bits per heavy atom. The number of nitrogens with zero attached hydrogens (tertiary/aromatic N) is 6. The molecule has 32 heavy (non-hydrogen) atoms. The molecular weight excluding hydrogens is 426 g/mol. The van der Waals surface area contributed by atoms with Gasteiger partial charge < -0.3 is 15.1 Å². The molecule has 1 N–H and O–H groups in total. The van der Waals surface area contributed by atoms with Gasteiger partial charge >= 0.3 is 0 Å². The Bertz CT molecular complexity index is 759. The first-order chi connectivity index (χ1) is 15.6. The Balaban J connectivity index is 1.10. The van der Waals surface area contributed by atoms with Gasteiger partial charge in [-0.1, -0.05) is 30.6 Å². The molecule has 0 bridgehead atoms. The largest absolute Gasteiger partial charge is 0.355 e. The molecule has 1 aromatic heterocycles. The molecule has 10 heteroatoms. The highest BCUT2D eigenvalue weighted by molar-refractivity contribution is 7.19. The molecular formula is C22H37N7O2S. The van der Waals surface area contributed by atoms with Crippen LogP contribution >= 0.6 is 11.3 Å². The molecule has 1 aliphatic carbocycles. The van der Waals surface area contributed by atoms with E-state index in [2.05, 4.69) is 25.3 Å². The van der Waals surface area contributed by atoms with E-state index in [4.69, 9.17) is 0 Å². The number of amides is 2. The van der Waals surface area contributed by atoms with Crippen molar-refractivity contribution < 1.29 is 9.59 Å². The van der Waals surface area contributed by atoms with Crippen molar-refractivity contribution in [2.45, 2.75) is 57.4 Å². The van der Waals surface area contributed by atoms with Crippen molar-refractivity contribution in [3.8, 4) is 0 Å². The lowest BCUT2D eigenvalue weighted by atomic mass is 9.94. The first-order valence-electron chi connectivity index (χ1n) is 12.2. The fourth-order valence-electron chi connectivity index (χ4n) is 4.99. The number of aromatic nitrogens is 2. The highest BCUT2D eigenvalue weighted by Crippen LogP contribution is 2.29. The standard InChI is InChI=1S/C22H37N7O2S/c1-26(21-24-25-22(32-21)29-12-5-9-20(29)31)17-19(30)23-10-6-11-27-13-15-28(16-14-27)18-7-3-2-4-8-18/h18H,2-17H2,1H3,(H,23,30). The number of hydrogen-bond acceptors (Lipinski definition) is 8. The summed E-state index contributed by atoms with van der Waals surface area (Å²) < 4.78 is 0. The molecule has 3 fully saturated rings. The summed E-state index contributed by atoms with van der Waals surface area (Å²) in [5, 5.41) is 12.6. The van der Waals surface area contributed by atoms with Gasteiger partial charge in [0.25, 0.3) is 0 Å². The van der Waals surface area contributed by atoms with Gasteiger partial charge in [-0.25, -0.2) is 0 Å². The molecule has 178 valence electrons. The fourth-order valence-corrected chi connectivity index (χ4v) is 5.84. The fraction of sp³-hybridized carbons (Fsp3) is 0.818. The summed E-state index contributed by atoms with van der Waals surface area (Å²) in [7, 11) is 1.83. The van der Waals surface area contributed by atoms with Crippen LogP contribution in [-0.4, -0.2) is 97.3 Å². The van der Waals surface area contributed by atoms with Crippen LogP contribution in [0.1, 0.15) is 51.4 Å². The summed E-state index contributed by atoms with van der Waals surface area (Å²) >= 11 is 1.36. The summed E-state index contributed by atoms with van der Waals surface area (Å²) in [6.45, 7) is 7.34. The van der Waals surface area contributed by atoms with E-state index in [1.165, 1.54) is 56.5 Å². The highest BCUT2D eigenvalue weighted by atomic mass is 32.1. The van der Waals surface area contributed by atoms with E-state index in [0.717, 1.165) is 38.5 Å². The summed E-state index contributed by atoms with van der Waals surface area (Å²) in [6.07, 6.45) is 9.39. The second kappa shape index (κ2) is 11.4. The van der Waals surface area contributed by atoms with Crippen LogP contribution in [0.3, 0.4) is 0 Å². The van der Waals surface area contributed by atoms with Crippen molar-refractivity contribution >= 4 is 33.4 Å². The zero-order valence-electron chi connectivity index (χ0n) is 19.3. The topological polar surface area (TPSA) is 84.9 Å². The molecule has 2 saturated heterocycles. The van der Waals surface area contributed by atoms with Crippen LogP contribution in [0.15, 0.2) is 0 Å². The lowest BCUT2D eigenvalue weighted by molar-refractivity contribution is -0.120. The Kier molecular flexibility index (Phi) is 8.31. The van der Waals surface area contributed by atoms with E-state index >= 15 is 0 Å². The molecule has 2 aliphatic heterocycles. The zero-order valence-corrected chi connectivity index (χ0v) is 20.1. The Labute approximate surface area is 195 Å². The lowest BCUT2D eigenvalue weighted by Gasteiger charge is -2.40. The Morgan fingerprint density at radius 3 is 2.59 bits per heavy atom. The number of hydrogen-bond donors (Lipinski definition) is 1. The molecule has 1 aromatic rings. The van der Waals surface area contributed by atoms with Crippen LogP contribution in [0.4, 0.5) is 10.3 Å². The van der Waals surface area contributed by atoms with Crippen molar-refractivity contribution in [3.05, 3.63) is 0 Å². The molecule has 0 radical (unpaired) electrons. The number of carbonyl (C=O) groups excluding carboxylic acids is 2. The highest BCUT2D eigenvalue weighted by Gasteiger charge is 2.26. The molecule has 2 amide bonds. The SMILES string of the molecule is CN(CC(=O)NCCCN1CCN(C2CCCCC2)CC1)c1nnc(N2CCCC2=O)s1. The average Bonchev–Trinajstić information content (AvgIpc) is 3.47. The van der Waals surface area contributed by atoms with E-state index in [1.54, 1.807) is 9.80 Å². The van der Waals surface area contributed by atoms with Gasteiger partial charge in [0.05, 0.1) is 6.54 Å². The monoisotopic (exact) mass is 463 g/mol. The maximum Gasteiger partial charge on any atom is 0.239 e.